The highest BCUT2D eigenvalue weighted by Crippen LogP contribution is 2.47. The van der Waals surface area contributed by atoms with Crippen molar-refractivity contribution in [1.29, 1.82) is 0 Å². The third kappa shape index (κ3) is 3.52. The Bertz CT molecular complexity index is 881. The largest absolute Gasteiger partial charge is 0.325 e. The fraction of sp³-hybridized carbons (Fsp3) is 0.286. The van der Waals surface area contributed by atoms with E-state index >= 15 is 0 Å². The lowest BCUT2D eigenvalue weighted by Gasteiger charge is -2.16. The summed E-state index contributed by atoms with van der Waals surface area (Å²) in [5.74, 6) is -0.623. The summed E-state index contributed by atoms with van der Waals surface area (Å²) in [6, 6.07) is 12.4. The van der Waals surface area contributed by atoms with E-state index in [4.69, 9.17) is 0 Å². The number of rotatable bonds is 5. The number of hydrogen-bond donors (Lipinski definition) is 2. The van der Waals surface area contributed by atoms with Gasteiger partial charge in [-0.05, 0) is 81.1 Å². The van der Waals surface area contributed by atoms with E-state index in [-0.39, 0.29) is 17.6 Å². The molecule has 0 aromatic heterocycles. The molecular weight excluding hydrogens is 328 g/mol. The Hall–Kier alpha value is -2.95. The van der Waals surface area contributed by atoms with Gasteiger partial charge in [-0.3, -0.25) is 14.4 Å². The Morgan fingerprint density at radius 1 is 0.808 bits per heavy atom. The molecule has 2 N–H and O–H groups in total. The molecule has 0 radical (unpaired) electrons. The Balaban J connectivity index is 1.69. The van der Waals surface area contributed by atoms with Gasteiger partial charge < -0.3 is 10.6 Å². The first-order chi connectivity index (χ1) is 12.3. The lowest BCUT2D eigenvalue weighted by Crippen LogP contribution is -2.35. The van der Waals surface area contributed by atoms with Gasteiger partial charge in [-0.15, -0.1) is 0 Å². The number of nitrogens with one attached hydrogen (secondary N) is 2. The van der Waals surface area contributed by atoms with E-state index in [0.717, 1.165) is 11.1 Å². The molecule has 2 amide bonds. The molecule has 1 aliphatic rings. The van der Waals surface area contributed by atoms with Crippen LogP contribution in [0.2, 0.25) is 0 Å². The number of amides is 2. The number of carbonyl (C=O) groups excluding carboxylic acids is 3. The van der Waals surface area contributed by atoms with Crippen molar-refractivity contribution in [2.75, 3.05) is 10.6 Å². The monoisotopic (exact) mass is 350 g/mol. The molecule has 3 rings (SSSR count). The highest BCUT2D eigenvalue weighted by Gasteiger charge is 2.56. The van der Waals surface area contributed by atoms with Crippen molar-refractivity contribution in [1.82, 2.24) is 0 Å². The van der Waals surface area contributed by atoms with Crippen LogP contribution in [0, 0.1) is 19.3 Å². The van der Waals surface area contributed by atoms with Gasteiger partial charge in [0.05, 0.1) is 0 Å². The van der Waals surface area contributed by atoms with Gasteiger partial charge in [0, 0.05) is 16.9 Å². The zero-order chi connectivity index (χ0) is 18.9. The van der Waals surface area contributed by atoms with Crippen LogP contribution in [0.3, 0.4) is 0 Å². The summed E-state index contributed by atoms with van der Waals surface area (Å²) < 4.78 is 0. The molecule has 2 aromatic rings. The summed E-state index contributed by atoms with van der Waals surface area (Å²) in [5.41, 5.74) is 3.07. The summed E-state index contributed by atoms with van der Waals surface area (Å²) in [5, 5.41) is 5.65. The smallest absolute Gasteiger partial charge is 0.240 e. The maximum atomic E-state index is 12.7. The topological polar surface area (TPSA) is 75.3 Å². The number of anilines is 2. The molecule has 5 nitrogen and oxygen atoms in total. The maximum absolute atomic E-state index is 12.7. The number of carbonyl (C=O) groups is 3. The minimum absolute atomic E-state index is 0.0330. The molecule has 0 saturated heterocycles. The zero-order valence-corrected chi connectivity index (χ0v) is 15.2. The molecule has 1 aliphatic carbocycles. The van der Waals surface area contributed by atoms with Crippen LogP contribution < -0.4 is 10.6 Å². The summed E-state index contributed by atoms with van der Waals surface area (Å²) in [6.45, 7) is 5.48. The van der Waals surface area contributed by atoms with Crippen LogP contribution in [-0.2, 0) is 9.59 Å². The summed E-state index contributed by atoms with van der Waals surface area (Å²) in [6.07, 6.45) is 1.06. The minimum atomic E-state index is -1.02. The van der Waals surface area contributed by atoms with Gasteiger partial charge in [0.1, 0.15) is 5.41 Å². The van der Waals surface area contributed by atoms with Crippen LogP contribution in [0.15, 0.2) is 42.5 Å². The average Bonchev–Trinajstić information content (AvgIpc) is 3.40. The molecule has 0 unspecified atom stereocenters. The highest BCUT2D eigenvalue weighted by molar-refractivity contribution is 6.17. The molecule has 0 bridgehead atoms. The first-order valence-corrected chi connectivity index (χ1v) is 8.63. The predicted molar refractivity (Wildman–Crippen MR) is 101 cm³/mol. The van der Waals surface area contributed by atoms with Crippen molar-refractivity contribution < 1.29 is 14.4 Å². The van der Waals surface area contributed by atoms with Crippen molar-refractivity contribution in [2.24, 2.45) is 5.41 Å². The third-order valence-corrected chi connectivity index (χ3v) is 4.93. The molecule has 134 valence electrons. The van der Waals surface area contributed by atoms with Gasteiger partial charge in [-0.2, -0.15) is 0 Å². The quantitative estimate of drug-likeness (QED) is 0.635. The number of ketones is 1. The van der Waals surface area contributed by atoms with Crippen LogP contribution in [0.1, 0.15) is 41.3 Å². The molecule has 1 saturated carbocycles. The average molecular weight is 350 g/mol. The summed E-state index contributed by atoms with van der Waals surface area (Å²) >= 11 is 0. The second-order valence-corrected chi connectivity index (χ2v) is 6.92. The number of aryl methyl sites for hydroxylation is 2. The Morgan fingerprint density at radius 2 is 1.35 bits per heavy atom. The number of benzene rings is 2. The van der Waals surface area contributed by atoms with Gasteiger partial charge >= 0.3 is 0 Å². The normalized spacial score (nSPS) is 14.4. The predicted octanol–water partition coefficient (Wildman–Crippen LogP) is 3.86. The number of hydrogen-bond acceptors (Lipinski definition) is 3. The first-order valence-electron chi connectivity index (χ1n) is 8.63. The molecular formula is C21H22N2O3. The number of Topliss-reactive ketones (excluding diaryl/α,β-unsaturated/α-hetero) is 1. The van der Waals surface area contributed by atoms with Gasteiger partial charge in [-0.1, -0.05) is 6.07 Å². The molecule has 2 aromatic carbocycles. The van der Waals surface area contributed by atoms with Crippen molar-refractivity contribution in [3.63, 3.8) is 0 Å². The summed E-state index contributed by atoms with van der Waals surface area (Å²) in [4.78, 5) is 36.6. The highest BCUT2D eigenvalue weighted by atomic mass is 16.2. The second-order valence-electron chi connectivity index (χ2n) is 6.92. The van der Waals surface area contributed by atoms with Gasteiger partial charge in [0.25, 0.3) is 0 Å². The van der Waals surface area contributed by atoms with E-state index in [2.05, 4.69) is 10.6 Å². The van der Waals surface area contributed by atoms with E-state index < -0.39 is 5.41 Å². The van der Waals surface area contributed by atoms with E-state index in [1.165, 1.54) is 6.92 Å². The standard InChI is InChI=1S/C21H22N2O3/c1-13-4-7-18(12-14(13)2)23-20(26)21(10-11-21)19(25)22-17-8-5-16(6-9-17)15(3)24/h4-9,12H,10-11H2,1-3H3,(H,22,25)(H,23,26). The van der Waals surface area contributed by atoms with E-state index in [1.54, 1.807) is 24.3 Å². The molecule has 0 heterocycles. The van der Waals surface area contributed by atoms with Crippen LogP contribution in [-0.4, -0.2) is 17.6 Å². The SMILES string of the molecule is CC(=O)c1ccc(NC(=O)C2(C(=O)Nc3ccc(C)c(C)c3)CC2)cc1. The van der Waals surface area contributed by atoms with Gasteiger partial charge in [0.2, 0.25) is 11.8 Å². The van der Waals surface area contributed by atoms with Crippen molar-refractivity contribution in [2.45, 2.75) is 33.6 Å². The molecule has 0 aliphatic heterocycles. The molecule has 5 heteroatoms. The third-order valence-electron chi connectivity index (χ3n) is 4.93. The maximum Gasteiger partial charge on any atom is 0.240 e. The molecule has 0 atom stereocenters. The van der Waals surface area contributed by atoms with E-state index in [1.807, 2.05) is 32.0 Å². The van der Waals surface area contributed by atoms with E-state index in [0.29, 0.717) is 29.8 Å². The lowest BCUT2D eigenvalue weighted by molar-refractivity contribution is -0.131. The fourth-order valence-corrected chi connectivity index (χ4v) is 2.79. The van der Waals surface area contributed by atoms with E-state index in [9.17, 15) is 14.4 Å². The van der Waals surface area contributed by atoms with Crippen LogP contribution in [0.25, 0.3) is 0 Å². The molecule has 0 spiro atoms. The first kappa shape index (κ1) is 17.9. The molecule has 1 fully saturated rings. The zero-order valence-electron chi connectivity index (χ0n) is 15.2. The fourth-order valence-electron chi connectivity index (χ4n) is 2.79. The summed E-state index contributed by atoms with van der Waals surface area (Å²) in [7, 11) is 0. The Morgan fingerprint density at radius 3 is 1.85 bits per heavy atom. The van der Waals surface area contributed by atoms with Crippen molar-refractivity contribution in [3.05, 3.63) is 59.2 Å². The van der Waals surface area contributed by atoms with Crippen LogP contribution in [0.5, 0.6) is 0 Å². The second kappa shape index (κ2) is 6.75. The van der Waals surface area contributed by atoms with Crippen LogP contribution >= 0.6 is 0 Å². The van der Waals surface area contributed by atoms with Crippen molar-refractivity contribution in [3.8, 4) is 0 Å². The molecule has 26 heavy (non-hydrogen) atoms. The Kier molecular flexibility index (Phi) is 4.64. The van der Waals surface area contributed by atoms with Crippen LogP contribution in [0.4, 0.5) is 11.4 Å². The Labute approximate surface area is 152 Å². The lowest BCUT2D eigenvalue weighted by atomic mass is 10.0. The van der Waals surface area contributed by atoms with Crippen molar-refractivity contribution >= 4 is 29.0 Å². The van der Waals surface area contributed by atoms with Gasteiger partial charge in [0.15, 0.2) is 5.78 Å². The van der Waals surface area contributed by atoms with Gasteiger partial charge in [-0.25, -0.2) is 0 Å². The minimum Gasteiger partial charge on any atom is -0.325 e.